The number of hydrogen-bond acceptors (Lipinski definition) is 3. The summed E-state index contributed by atoms with van der Waals surface area (Å²) in [6.07, 6.45) is 1.13. The van der Waals surface area contributed by atoms with Gasteiger partial charge >= 0.3 is 0 Å². The number of benzene rings is 1. The van der Waals surface area contributed by atoms with Crippen molar-refractivity contribution in [2.24, 2.45) is 0 Å². The van der Waals surface area contributed by atoms with Gasteiger partial charge in [-0.1, -0.05) is 25.1 Å². The van der Waals surface area contributed by atoms with Crippen molar-refractivity contribution in [2.45, 2.75) is 19.9 Å². The van der Waals surface area contributed by atoms with E-state index in [4.69, 9.17) is 0 Å². The Kier molecular flexibility index (Phi) is 5.24. The van der Waals surface area contributed by atoms with Gasteiger partial charge in [0.05, 0.1) is 0 Å². The molecular weight excluding hydrogens is 240 g/mol. The summed E-state index contributed by atoms with van der Waals surface area (Å²) in [4.78, 5) is 1.47. The molecule has 0 unspecified atom stereocenters. The second-order valence-electron chi connectivity index (χ2n) is 4.19. The summed E-state index contributed by atoms with van der Waals surface area (Å²) in [5, 5.41) is 9.05. The van der Waals surface area contributed by atoms with Crippen LogP contribution >= 0.6 is 11.3 Å². The molecule has 0 saturated heterocycles. The van der Waals surface area contributed by atoms with Crippen molar-refractivity contribution in [2.75, 3.05) is 18.4 Å². The van der Waals surface area contributed by atoms with Crippen molar-refractivity contribution >= 4 is 17.0 Å². The summed E-state index contributed by atoms with van der Waals surface area (Å²) in [6.45, 7) is 5.13. The first-order chi connectivity index (χ1) is 8.90. The number of para-hydroxylation sites is 1. The van der Waals surface area contributed by atoms with Crippen molar-refractivity contribution in [1.29, 1.82) is 0 Å². The molecule has 96 valence electrons. The van der Waals surface area contributed by atoms with Crippen LogP contribution in [0.1, 0.15) is 17.4 Å². The Bertz CT molecular complexity index is 451. The number of aryl methyl sites for hydroxylation is 1. The zero-order valence-corrected chi connectivity index (χ0v) is 11.6. The monoisotopic (exact) mass is 260 g/mol. The molecular formula is C15H20N2S. The SMILES string of the molecule is CCc1ccsc1CNCCNc1ccccc1. The highest BCUT2D eigenvalue weighted by atomic mass is 32.1. The van der Waals surface area contributed by atoms with Crippen molar-refractivity contribution in [3.63, 3.8) is 0 Å². The third-order valence-corrected chi connectivity index (χ3v) is 3.87. The molecule has 1 heterocycles. The molecule has 3 heteroatoms. The predicted molar refractivity (Wildman–Crippen MR) is 80.3 cm³/mol. The van der Waals surface area contributed by atoms with E-state index < -0.39 is 0 Å². The number of rotatable bonds is 7. The molecule has 0 fully saturated rings. The lowest BCUT2D eigenvalue weighted by molar-refractivity contribution is 0.710. The fourth-order valence-corrected chi connectivity index (χ4v) is 2.84. The molecule has 0 spiro atoms. The Balaban J connectivity index is 1.65. The number of nitrogens with one attached hydrogen (secondary N) is 2. The lowest BCUT2D eigenvalue weighted by Gasteiger charge is -2.07. The van der Waals surface area contributed by atoms with Crippen LogP contribution < -0.4 is 10.6 Å². The minimum atomic E-state index is 0.955. The number of anilines is 1. The minimum Gasteiger partial charge on any atom is -0.384 e. The highest BCUT2D eigenvalue weighted by Gasteiger charge is 2.00. The second-order valence-corrected chi connectivity index (χ2v) is 5.19. The molecule has 0 aliphatic carbocycles. The molecule has 0 aliphatic heterocycles. The first kappa shape index (κ1) is 13.1. The summed E-state index contributed by atoms with van der Waals surface area (Å²) in [5.41, 5.74) is 2.66. The molecule has 0 amide bonds. The molecule has 0 radical (unpaired) electrons. The van der Waals surface area contributed by atoms with E-state index in [-0.39, 0.29) is 0 Å². The Morgan fingerprint density at radius 2 is 1.89 bits per heavy atom. The van der Waals surface area contributed by atoms with Crippen LogP contribution in [-0.4, -0.2) is 13.1 Å². The normalized spacial score (nSPS) is 10.5. The molecule has 2 aromatic rings. The van der Waals surface area contributed by atoms with Gasteiger partial charge in [-0.05, 0) is 35.6 Å². The van der Waals surface area contributed by atoms with Crippen LogP contribution in [0.2, 0.25) is 0 Å². The molecule has 0 bridgehead atoms. The number of thiophene rings is 1. The van der Waals surface area contributed by atoms with E-state index >= 15 is 0 Å². The van der Waals surface area contributed by atoms with Gasteiger partial charge in [-0.25, -0.2) is 0 Å². The van der Waals surface area contributed by atoms with Gasteiger partial charge in [-0.3, -0.25) is 0 Å². The average Bonchev–Trinajstić information content (AvgIpc) is 2.87. The topological polar surface area (TPSA) is 24.1 Å². The lowest BCUT2D eigenvalue weighted by atomic mass is 10.2. The van der Waals surface area contributed by atoms with Crippen molar-refractivity contribution in [1.82, 2.24) is 5.32 Å². The smallest absolute Gasteiger partial charge is 0.0340 e. The van der Waals surface area contributed by atoms with Crippen LogP contribution in [0.5, 0.6) is 0 Å². The first-order valence-corrected chi connectivity index (χ1v) is 7.33. The van der Waals surface area contributed by atoms with Crippen molar-refractivity contribution in [3.8, 4) is 0 Å². The van der Waals surface area contributed by atoms with Crippen molar-refractivity contribution in [3.05, 3.63) is 52.2 Å². The summed E-state index contributed by atoms with van der Waals surface area (Å²) >= 11 is 1.85. The Hall–Kier alpha value is -1.32. The van der Waals surface area contributed by atoms with E-state index in [1.165, 1.54) is 16.1 Å². The number of hydrogen-bond donors (Lipinski definition) is 2. The van der Waals surface area contributed by atoms with Gasteiger partial charge < -0.3 is 10.6 Å². The molecule has 18 heavy (non-hydrogen) atoms. The van der Waals surface area contributed by atoms with Crippen LogP contribution in [0.3, 0.4) is 0 Å². The maximum Gasteiger partial charge on any atom is 0.0340 e. The molecule has 2 N–H and O–H groups in total. The van der Waals surface area contributed by atoms with Gasteiger partial charge in [0.1, 0.15) is 0 Å². The largest absolute Gasteiger partial charge is 0.384 e. The van der Waals surface area contributed by atoms with Crippen LogP contribution in [0, 0.1) is 0 Å². The highest BCUT2D eigenvalue weighted by molar-refractivity contribution is 7.10. The molecule has 2 nitrogen and oxygen atoms in total. The van der Waals surface area contributed by atoms with E-state index in [1.54, 1.807) is 0 Å². The Morgan fingerprint density at radius 3 is 2.67 bits per heavy atom. The highest BCUT2D eigenvalue weighted by Crippen LogP contribution is 2.16. The van der Waals surface area contributed by atoms with Crippen LogP contribution in [0.25, 0.3) is 0 Å². The van der Waals surface area contributed by atoms with Gasteiger partial charge in [0.2, 0.25) is 0 Å². The third kappa shape index (κ3) is 3.86. The van der Waals surface area contributed by atoms with Crippen LogP contribution in [-0.2, 0) is 13.0 Å². The molecule has 0 aliphatic rings. The third-order valence-electron chi connectivity index (χ3n) is 2.91. The summed E-state index contributed by atoms with van der Waals surface area (Å²) < 4.78 is 0. The molecule has 1 aromatic heterocycles. The van der Waals surface area contributed by atoms with E-state index in [9.17, 15) is 0 Å². The zero-order valence-electron chi connectivity index (χ0n) is 10.8. The van der Waals surface area contributed by atoms with Gasteiger partial charge in [0.25, 0.3) is 0 Å². The van der Waals surface area contributed by atoms with E-state index in [0.29, 0.717) is 0 Å². The van der Waals surface area contributed by atoms with E-state index in [2.05, 4.69) is 53.3 Å². The quantitative estimate of drug-likeness (QED) is 0.744. The maximum absolute atomic E-state index is 3.48. The van der Waals surface area contributed by atoms with Crippen molar-refractivity contribution < 1.29 is 0 Å². The fraction of sp³-hybridized carbons (Fsp3) is 0.333. The first-order valence-electron chi connectivity index (χ1n) is 6.45. The average molecular weight is 260 g/mol. The predicted octanol–water partition coefficient (Wildman–Crippen LogP) is 3.51. The van der Waals surface area contributed by atoms with Crippen LogP contribution in [0.15, 0.2) is 41.8 Å². The summed E-state index contributed by atoms with van der Waals surface area (Å²) in [7, 11) is 0. The van der Waals surface area contributed by atoms with Gasteiger partial charge in [0, 0.05) is 30.2 Å². The minimum absolute atomic E-state index is 0.955. The molecule has 0 atom stereocenters. The van der Waals surface area contributed by atoms with Crippen LogP contribution in [0.4, 0.5) is 5.69 Å². The molecule has 0 saturated carbocycles. The Labute approximate surface area is 113 Å². The summed E-state index contributed by atoms with van der Waals surface area (Å²) in [5.74, 6) is 0. The van der Waals surface area contributed by atoms with Gasteiger partial charge in [-0.2, -0.15) is 0 Å². The zero-order chi connectivity index (χ0) is 12.6. The van der Waals surface area contributed by atoms with Gasteiger partial charge in [0.15, 0.2) is 0 Å². The standard InChI is InChI=1S/C15H20N2S/c1-2-13-8-11-18-15(13)12-16-9-10-17-14-6-4-3-5-7-14/h3-8,11,16-17H,2,9-10,12H2,1H3. The van der Waals surface area contributed by atoms with E-state index in [0.717, 1.165) is 26.1 Å². The molecule has 2 rings (SSSR count). The molecule has 1 aromatic carbocycles. The lowest BCUT2D eigenvalue weighted by Crippen LogP contribution is -2.21. The maximum atomic E-state index is 3.48. The summed E-state index contributed by atoms with van der Waals surface area (Å²) in [6, 6.07) is 12.5. The van der Waals surface area contributed by atoms with E-state index in [1.807, 2.05) is 17.4 Å². The van der Waals surface area contributed by atoms with Gasteiger partial charge in [-0.15, -0.1) is 11.3 Å². The Morgan fingerprint density at radius 1 is 1.06 bits per heavy atom. The fourth-order valence-electron chi connectivity index (χ4n) is 1.89. The second kappa shape index (κ2) is 7.19.